The van der Waals surface area contributed by atoms with Crippen LogP contribution in [0, 0.1) is 22.7 Å². The van der Waals surface area contributed by atoms with E-state index < -0.39 is 51.8 Å². The highest BCUT2D eigenvalue weighted by Gasteiger charge is 2.80. The van der Waals surface area contributed by atoms with Gasteiger partial charge in [-0.05, 0) is 57.9 Å². The zero-order chi connectivity index (χ0) is 22.6. The number of ether oxygens (including phenoxy) is 2. The van der Waals surface area contributed by atoms with Crippen LogP contribution in [0.5, 0.6) is 0 Å². The molecule has 0 amide bonds. The zero-order valence-electron chi connectivity index (χ0n) is 18.6. The molecule has 0 aromatic heterocycles. The second kappa shape index (κ2) is 6.12. The van der Waals surface area contributed by atoms with Gasteiger partial charge in [0.2, 0.25) is 5.78 Å². The highest BCUT2D eigenvalue weighted by Crippen LogP contribution is 2.72. The van der Waals surface area contributed by atoms with Gasteiger partial charge in [0.15, 0.2) is 23.5 Å². The molecule has 4 aliphatic carbocycles. The molecule has 4 fully saturated rings. The Kier molecular flexibility index (Phi) is 4.22. The lowest BCUT2D eigenvalue weighted by Gasteiger charge is -2.63. The largest absolute Gasteiger partial charge is 0.390 e. The lowest BCUT2D eigenvalue weighted by Crippen LogP contribution is -2.70. The lowest BCUT2D eigenvalue weighted by atomic mass is 9.44. The van der Waals surface area contributed by atoms with Gasteiger partial charge in [0.05, 0.1) is 12.2 Å². The Labute approximate surface area is 181 Å². The molecule has 31 heavy (non-hydrogen) atoms. The molecule has 0 spiro atoms. The van der Waals surface area contributed by atoms with Crippen LogP contribution >= 0.6 is 0 Å². The molecule has 3 saturated carbocycles. The highest BCUT2D eigenvalue weighted by molar-refractivity contribution is 6.29. The van der Waals surface area contributed by atoms with Crippen LogP contribution in [0.25, 0.3) is 0 Å². The van der Waals surface area contributed by atoms with Gasteiger partial charge in [-0.2, -0.15) is 0 Å². The third kappa shape index (κ3) is 2.30. The van der Waals surface area contributed by atoms with Crippen LogP contribution in [0.15, 0.2) is 11.6 Å². The number of carbonyl (C=O) groups excluding carboxylic acids is 3. The maximum absolute atomic E-state index is 17.2. The molecule has 7 heteroatoms. The van der Waals surface area contributed by atoms with Crippen molar-refractivity contribution >= 4 is 17.9 Å². The van der Waals surface area contributed by atoms with Crippen molar-refractivity contribution < 1.29 is 33.4 Å². The van der Waals surface area contributed by atoms with Gasteiger partial charge in [0.25, 0.3) is 0 Å². The molecular formula is C24H31FO6. The molecule has 0 bridgehead atoms. The smallest absolute Gasteiger partial charge is 0.230 e. The topological polar surface area (TPSA) is 89.9 Å². The summed E-state index contributed by atoms with van der Waals surface area (Å²) in [5.41, 5.74) is -4.52. The summed E-state index contributed by atoms with van der Waals surface area (Å²) in [4.78, 5) is 36.8. The maximum Gasteiger partial charge on any atom is 0.230 e. The summed E-state index contributed by atoms with van der Waals surface area (Å²) in [6.07, 6.45) is 1.95. The highest BCUT2D eigenvalue weighted by atomic mass is 19.1. The maximum atomic E-state index is 17.2. The van der Waals surface area contributed by atoms with Crippen molar-refractivity contribution in [3.05, 3.63) is 11.6 Å². The standard InChI is InChI=1S/C24H31FO6/c1-20(2)30-19-10-16-15-6-5-13-9-14(27)7-8-21(13,3)23(15,25)17(28)11-22(16,4)24(19,31-20)18(29)12-26/h9,12,15-17,19,28H,5-8,10-11H2,1-4H3/t15-,16-,17-,19+,21-,22-,23-,24+/m0/s1. The Balaban J connectivity index is 1.64. The van der Waals surface area contributed by atoms with E-state index in [4.69, 9.17) is 9.47 Å². The first-order valence-electron chi connectivity index (χ1n) is 11.3. The van der Waals surface area contributed by atoms with Gasteiger partial charge >= 0.3 is 0 Å². The number of carbonyl (C=O) groups is 3. The fourth-order valence-electron chi connectivity index (χ4n) is 8.19. The van der Waals surface area contributed by atoms with Crippen molar-refractivity contribution in [1.29, 1.82) is 0 Å². The van der Waals surface area contributed by atoms with Gasteiger partial charge in [-0.3, -0.25) is 14.4 Å². The third-order valence-corrected chi connectivity index (χ3v) is 9.51. The minimum atomic E-state index is -1.92. The van der Waals surface area contributed by atoms with E-state index in [0.717, 1.165) is 5.57 Å². The summed E-state index contributed by atoms with van der Waals surface area (Å²) < 4.78 is 29.5. The zero-order valence-corrected chi connectivity index (χ0v) is 18.6. The van der Waals surface area contributed by atoms with Crippen LogP contribution in [0.4, 0.5) is 4.39 Å². The average molecular weight is 435 g/mol. The monoisotopic (exact) mass is 434 g/mol. The van der Waals surface area contributed by atoms with E-state index >= 15 is 4.39 Å². The van der Waals surface area contributed by atoms with Crippen LogP contribution in [0.2, 0.25) is 0 Å². The number of ketones is 2. The second-order valence-corrected chi connectivity index (χ2v) is 11.2. The number of allylic oxidation sites excluding steroid dienone is 1. The number of aliphatic hydroxyl groups is 1. The Morgan fingerprint density at radius 3 is 2.61 bits per heavy atom. The lowest BCUT2D eigenvalue weighted by molar-refractivity contribution is -0.250. The minimum absolute atomic E-state index is 0.00297. The molecule has 170 valence electrons. The molecule has 8 atom stereocenters. The molecule has 5 aliphatic rings. The quantitative estimate of drug-likeness (QED) is 0.531. The molecular weight excluding hydrogens is 403 g/mol. The summed E-state index contributed by atoms with van der Waals surface area (Å²) in [5.74, 6) is -2.54. The predicted molar refractivity (Wildman–Crippen MR) is 108 cm³/mol. The first kappa shape index (κ1) is 21.4. The molecule has 0 unspecified atom stereocenters. The Morgan fingerprint density at radius 1 is 1.23 bits per heavy atom. The van der Waals surface area contributed by atoms with Crippen molar-refractivity contribution in [1.82, 2.24) is 0 Å². The molecule has 1 saturated heterocycles. The average Bonchev–Trinajstić information content (AvgIpc) is 3.09. The van der Waals surface area contributed by atoms with Gasteiger partial charge in [-0.25, -0.2) is 4.39 Å². The number of hydrogen-bond acceptors (Lipinski definition) is 6. The van der Waals surface area contributed by atoms with E-state index in [1.165, 1.54) is 0 Å². The van der Waals surface area contributed by atoms with Gasteiger partial charge < -0.3 is 14.6 Å². The second-order valence-electron chi connectivity index (χ2n) is 11.2. The van der Waals surface area contributed by atoms with E-state index in [0.29, 0.717) is 25.7 Å². The molecule has 5 rings (SSSR count). The predicted octanol–water partition coefficient (Wildman–Crippen LogP) is 2.85. The molecule has 1 aliphatic heterocycles. The summed E-state index contributed by atoms with van der Waals surface area (Å²) in [7, 11) is 0. The SMILES string of the molecule is CC1(C)O[C@@H]2C[C@H]3[C@@H]4CCC5=CC(=O)CC[C@]5(C)[C@@]4(F)[C@@H](O)C[C@]3(C)[C@]2(C(=O)C=O)O1. The number of halogens is 1. The number of Topliss-reactive ketones (excluding diaryl/α,β-unsaturated/α-hetero) is 1. The number of rotatable bonds is 2. The Morgan fingerprint density at radius 2 is 1.94 bits per heavy atom. The molecule has 1 N–H and O–H groups in total. The van der Waals surface area contributed by atoms with E-state index in [-0.39, 0.29) is 30.8 Å². The van der Waals surface area contributed by atoms with Gasteiger partial charge in [-0.15, -0.1) is 0 Å². The van der Waals surface area contributed by atoms with Gasteiger partial charge in [-0.1, -0.05) is 19.4 Å². The number of fused-ring (bicyclic) bond motifs is 7. The summed E-state index contributed by atoms with van der Waals surface area (Å²) in [6, 6.07) is 0. The first-order valence-corrected chi connectivity index (χ1v) is 11.3. The van der Waals surface area contributed by atoms with Crippen molar-refractivity contribution in [2.45, 2.75) is 95.5 Å². The summed E-state index contributed by atoms with van der Waals surface area (Å²) in [6.45, 7) is 7.10. The van der Waals surface area contributed by atoms with Crippen molar-refractivity contribution in [3.63, 3.8) is 0 Å². The summed E-state index contributed by atoms with van der Waals surface area (Å²) >= 11 is 0. The molecule has 0 aromatic rings. The first-order chi connectivity index (χ1) is 14.4. The molecule has 1 heterocycles. The van der Waals surface area contributed by atoms with Crippen LogP contribution in [0.1, 0.15) is 66.2 Å². The number of alkyl halides is 1. The van der Waals surface area contributed by atoms with E-state index in [9.17, 15) is 19.5 Å². The summed E-state index contributed by atoms with van der Waals surface area (Å²) in [5, 5.41) is 11.4. The fraction of sp³-hybridized carbons (Fsp3) is 0.792. The van der Waals surface area contributed by atoms with Crippen LogP contribution in [0.3, 0.4) is 0 Å². The van der Waals surface area contributed by atoms with E-state index in [1.807, 2.05) is 13.8 Å². The fourth-order valence-corrected chi connectivity index (χ4v) is 8.19. The molecule has 0 aromatic carbocycles. The van der Waals surface area contributed by atoms with Crippen molar-refractivity contribution in [2.75, 3.05) is 0 Å². The normalized spacial score (nSPS) is 52.5. The van der Waals surface area contributed by atoms with Crippen molar-refractivity contribution in [3.8, 4) is 0 Å². The van der Waals surface area contributed by atoms with Crippen molar-refractivity contribution in [2.24, 2.45) is 22.7 Å². The van der Waals surface area contributed by atoms with Gasteiger partial charge in [0, 0.05) is 23.2 Å². The molecule has 0 radical (unpaired) electrons. The Bertz CT molecular complexity index is 912. The number of hydrogen-bond donors (Lipinski definition) is 1. The van der Waals surface area contributed by atoms with Gasteiger partial charge in [0.1, 0.15) is 5.67 Å². The van der Waals surface area contributed by atoms with Crippen LogP contribution in [-0.4, -0.2) is 52.2 Å². The number of aliphatic hydroxyl groups excluding tert-OH is 1. The molecule has 6 nitrogen and oxygen atoms in total. The van der Waals surface area contributed by atoms with Crippen LogP contribution in [-0.2, 0) is 23.9 Å². The third-order valence-electron chi connectivity index (χ3n) is 9.51. The Hall–Kier alpha value is -1.44. The van der Waals surface area contributed by atoms with E-state index in [2.05, 4.69) is 0 Å². The van der Waals surface area contributed by atoms with E-state index in [1.54, 1.807) is 19.9 Å². The minimum Gasteiger partial charge on any atom is -0.390 e. The number of aldehydes is 1. The van der Waals surface area contributed by atoms with Crippen LogP contribution < -0.4 is 0 Å².